The third-order valence-electron chi connectivity index (χ3n) is 3.12. The normalized spacial score (nSPS) is 11.2. The summed E-state index contributed by atoms with van der Waals surface area (Å²) < 4.78 is 1.64. The third-order valence-corrected chi connectivity index (χ3v) is 3.32. The van der Waals surface area contributed by atoms with E-state index in [2.05, 4.69) is 20.3 Å². The van der Waals surface area contributed by atoms with Crippen molar-refractivity contribution in [2.24, 2.45) is 0 Å². The Balaban J connectivity index is 2.09. The highest BCUT2D eigenvalue weighted by Gasteiger charge is 2.12. The van der Waals surface area contributed by atoms with Crippen LogP contribution in [0, 0.1) is 0 Å². The van der Waals surface area contributed by atoms with Gasteiger partial charge < -0.3 is 0 Å². The SMILES string of the molecule is Clc1ccc2nnc(-c3ccnc4ccccc34)n2n1. The van der Waals surface area contributed by atoms with E-state index in [1.165, 1.54) is 0 Å². The van der Waals surface area contributed by atoms with E-state index in [1.54, 1.807) is 22.8 Å². The molecule has 0 saturated heterocycles. The number of fused-ring (bicyclic) bond motifs is 2. The summed E-state index contributed by atoms with van der Waals surface area (Å²) in [7, 11) is 0. The van der Waals surface area contributed by atoms with Gasteiger partial charge in [0.1, 0.15) is 5.15 Å². The van der Waals surface area contributed by atoms with Crippen molar-refractivity contribution in [2.75, 3.05) is 0 Å². The van der Waals surface area contributed by atoms with Crippen LogP contribution in [0.4, 0.5) is 0 Å². The minimum absolute atomic E-state index is 0.400. The summed E-state index contributed by atoms with van der Waals surface area (Å²) in [5.74, 6) is 0.654. The lowest BCUT2D eigenvalue weighted by Gasteiger charge is -2.03. The molecule has 3 aromatic heterocycles. The average Bonchev–Trinajstić information content (AvgIpc) is 2.89. The number of hydrogen-bond donors (Lipinski definition) is 0. The minimum Gasteiger partial charge on any atom is -0.256 e. The van der Waals surface area contributed by atoms with E-state index in [0.29, 0.717) is 16.6 Å². The molecule has 20 heavy (non-hydrogen) atoms. The third kappa shape index (κ3) is 1.64. The molecular formula is C14H8ClN5. The molecule has 0 amide bonds. The zero-order valence-electron chi connectivity index (χ0n) is 10.2. The molecule has 4 aromatic rings. The maximum atomic E-state index is 5.95. The van der Waals surface area contributed by atoms with Gasteiger partial charge in [-0.15, -0.1) is 10.2 Å². The van der Waals surface area contributed by atoms with Crippen molar-refractivity contribution in [1.29, 1.82) is 0 Å². The second-order valence-electron chi connectivity index (χ2n) is 4.33. The summed E-state index contributed by atoms with van der Waals surface area (Å²) in [5, 5.41) is 14.0. The van der Waals surface area contributed by atoms with E-state index in [9.17, 15) is 0 Å². The van der Waals surface area contributed by atoms with Gasteiger partial charge >= 0.3 is 0 Å². The van der Waals surface area contributed by atoms with Crippen LogP contribution >= 0.6 is 11.6 Å². The monoisotopic (exact) mass is 281 g/mol. The summed E-state index contributed by atoms with van der Waals surface area (Å²) in [6, 6.07) is 13.3. The first kappa shape index (κ1) is 11.3. The van der Waals surface area contributed by atoms with Crippen LogP contribution in [-0.4, -0.2) is 24.8 Å². The van der Waals surface area contributed by atoms with Gasteiger partial charge in [-0.1, -0.05) is 29.8 Å². The lowest BCUT2D eigenvalue weighted by atomic mass is 10.1. The smallest absolute Gasteiger partial charge is 0.186 e. The summed E-state index contributed by atoms with van der Waals surface area (Å²) in [5.41, 5.74) is 2.49. The van der Waals surface area contributed by atoms with Gasteiger partial charge in [-0.05, 0) is 24.3 Å². The van der Waals surface area contributed by atoms with Crippen LogP contribution in [0.25, 0.3) is 27.9 Å². The summed E-state index contributed by atoms with van der Waals surface area (Å²) in [6.07, 6.45) is 1.75. The number of benzene rings is 1. The van der Waals surface area contributed by atoms with Crippen LogP contribution in [0.5, 0.6) is 0 Å². The zero-order valence-corrected chi connectivity index (χ0v) is 11.0. The van der Waals surface area contributed by atoms with Gasteiger partial charge in [-0.25, -0.2) is 0 Å². The lowest BCUT2D eigenvalue weighted by molar-refractivity contribution is 0.937. The van der Waals surface area contributed by atoms with Crippen LogP contribution in [-0.2, 0) is 0 Å². The zero-order chi connectivity index (χ0) is 13.5. The summed E-state index contributed by atoms with van der Waals surface area (Å²) >= 11 is 5.95. The fraction of sp³-hybridized carbons (Fsp3) is 0. The molecule has 0 radical (unpaired) electrons. The molecule has 4 rings (SSSR count). The molecule has 0 bridgehead atoms. The van der Waals surface area contributed by atoms with E-state index >= 15 is 0 Å². The fourth-order valence-corrected chi connectivity index (χ4v) is 2.36. The molecule has 0 aliphatic heterocycles. The van der Waals surface area contributed by atoms with Crippen molar-refractivity contribution in [2.45, 2.75) is 0 Å². The molecule has 1 aromatic carbocycles. The molecule has 5 nitrogen and oxygen atoms in total. The number of rotatable bonds is 1. The van der Waals surface area contributed by atoms with Crippen molar-refractivity contribution in [3.63, 3.8) is 0 Å². The average molecular weight is 282 g/mol. The van der Waals surface area contributed by atoms with Crippen LogP contribution in [0.3, 0.4) is 0 Å². The van der Waals surface area contributed by atoms with E-state index in [0.717, 1.165) is 16.5 Å². The molecular weight excluding hydrogens is 274 g/mol. The topological polar surface area (TPSA) is 56.0 Å². The van der Waals surface area contributed by atoms with Crippen LogP contribution in [0.1, 0.15) is 0 Å². The summed E-state index contributed by atoms with van der Waals surface area (Å²) in [6.45, 7) is 0. The molecule has 96 valence electrons. The number of para-hydroxylation sites is 1. The van der Waals surface area contributed by atoms with E-state index < -0.39 is 0 Å². The fourth-order valence-electron chi connectivity index (χ4n) is 2.23. The number of hydrogen-bond acceptors (Lipinski definition) is 4. The Labute approximate surface area is 118 Å². The number of pyridine rings is 1. The van der Waals surface area contributed by atoms with Crippen LogP contribution in [0.15, 0.2) is 48.7 Å². The molecule has 0 atom stereocenters. The van der Waals surface area contributed by atoms with Gasteiger partial charge in [0.05, 0.1) is 5.52 Å². The van der Waals surface area contributed by atoms with Crippen molar-refractivity contribution in [1.82, 2.24) is 24.8 Å². The molecule has 0 spiro atoms. The van der Waals surface area contributed by atoms with Crippen LogP contribution in [0.2, 0.25) is 5.15 Å². The predicted molar refractivity (Wildman–Crippen MR) is 76.5 cm³/mol. The molecule has 0 saturated carbocycles. The Hall–Kier alpha value is -2.53. The van der Waals surface area contributed by atoms with E-state index in [-0.39, 0.29) is 0 Å². The van der Waals surface area contributed by atoms with Gasteiger partial charge in [-0.2, -0.15) is 9.61 Å². The molecule has 0 fully saturated rings. The summed E-state index contributed by atoms with van der Waals surface area (Å²) in [4.78, 5) is 4.35. The van der Waals surface area contributed by atoms with Crippen molar-refractivity contribution < 1.29 is 0 Å². The Morgan fingerprint density at radius 1 is 0.950 bits per heavy atom. The second-order valence-corrected chi connectivity index (χ2v) is 4.71. The Morgan fingerprint density at radius 3 is 2.80 bits per heavy atom. The van der Waals surface area contributed by atoms with Crippen molar-refractivity contribution >= 4 is 28.2 Å². The van der Waals surface area contributed by atoms with Crippen molar-refractivity contribution in [3.05, 3.63) is 53.8 Å². The molecule has 0 N–H and O–H groups in total. The highest BCUT2D eigenvalue weighted by Crippen LogP contribution is 2.26. The molecule has 0 aliphatic carbocycles. The first-order valence-corrected chi connectivity index (χ1v) is 6.43. The van der Waals surface area contributed by atoms with Gasteiger partial charge in [0.2, 0.25) is 0 Å². The van der Waals surface area contributed by atoms with Gasteiger partial charge in [0, 0.05) is 17.1 Å². The van der Waals surface area contributed by atoms with Crippen molar-refractivity contribution in [3.8, 4) is 11.4 Å². The van der Waals surface area contributed by atoms with Gasteiger partial charge in [0.15, 0.2) is 11.5 Å². The molecule has 0 unspecified atom stereocenters. The standard InChI is InChI=1S/C14H8ClN5/c15-12-5-6-13-17-18-14(20(13)19-12)10-7-8-16-11-4-2-1-3-9(10)11/h1-8H. The quantitative estimate of drug-likeness (QED) is 0.538. The van der Waals surface area contributed by atoms with E-state index in [1.807, 2.05) is 30.3 Å². The second kappa shape index (κ2) is 4.25. The maximum absolute atomic E-state index is 5.95. The highest BCUT2D eigenvalue weighted by molar-refractivity contribution is 6.29. The van der Waals surface area contributed by atoms with E-state index in [4.69, 9.17) is 11.6 Å². The predicted octanol–water partition coefficient (Wildman–Crippen LogP) is 2.99. The largest absolute Gasteiger partial charge is 0.256 e. The Kier molecular flexibility index (Phi) is 2.40. The van der Waals surface area contributed by atoms with Crippen LogP contribution < -0.4 is 0 Å². The highest BCUT2D eigenvalue weighted by atomic mass is 35.5. The van der Waals surface area contributed by atoms with Gasteiger partial charge in [0.25, 0.3) is 0 Å². The molecule has 3 heterocycles. The number of nitrogens with zero attached hydrogens (tertiary/aromatic N) is 5. The number of halogens is 1. The number of aromatic nitrogens is 5. The molecule has 0 aliphatic rings. The lowest BCUT2D eigenvalue weighted by Crippen LogP contribution is -1.95. The molecule has 6 heteroatoms. The van der Waals surface area contributed by atoms with Gasteiger partial charge in [-0.3, -0.25) is 4.98 Å². The Morgan fingerprint density at radius 2 is 1.85 bits per heavy atom. The Bertz CT molecular complexity index is 926. The first-order chi connectivity index (χ1) is 9.83. The maximum Gasteiger partial charge on any atom is 0.186 e. The minimum atomic E-state index is 0.400. The first-order valence-electron chi connectivity index (χ1n) is 6.05.